The van der Waals surface area contributed by atoms with E-state index in [0.717, 1.165) is 0 Å². The molecule has 0 amide bonds. The number of halogens is 4. The van der Waals surface area contributed by atoms with Gasteiger partial charge in [0, 0.05) is 6.07 Å². The third-order valence-corrected chi connectivity index (χ3v) is 2.86. The Bertz CT molecular complexity index is 696. The molecule has 1 aromatic carbocycles. The minimum absolute atomic E-state index is 0.0997. The maximum Gasteiger partial charge on any atom is 0.573 e. The lowest BCUT2D eigenvalue weighted by atomic mass is 10.2. The van der Waals surface area contributed by atoms with Gasteiger partial charge < -0.3 is 4.74 Å². The second-order valence-corrected chi connectivity index (χ2v) is 4.63. The molecule has 0 aliphatic rings. The third kappa shape index (κ3) is 4.22. The second kappa shape index (κ2) is 5.77. The van der Waals surface area contributed by atoms with Crippen molar-refractivity contribution < 1.29 is 17.9 Å². The van der Waals surface area contributed by atoms with E-state index in [4.69, 9.17) is 11.6 Å². The van der Waals surface area contributed by atoms with E-state index in [1.807, 2.05) is 0 Å². The summed E-state index contributed by atoms with van der Waals surface area (Å²) in [5.74, 6) is 0.104. The van der Waals surface area contributed by atoms with Gasteiger partial charge in [-0.3, -0.25) is 9.36 Å². The fraction of sp³-hybridized carbons (Fsp3) is 0.231. The molecular formula is C13H10ClF3N2O2. The van der Waals surface area contributed by atoms with E-state index in [9.17, 15) is 18.0 Å². The van der Waals surface area contributed by atoms with Gasteiger partial charge in [-0.15, -0.1) is 13.2 Å². The van der Waals surface area contributed by atoms with Crippen LogP contribution in [0.5, 0.6) is 5.75 Å². The van der Waals surface area contributed by atoms with Crippen LogP contribution in [-0.4, -0.2) is 15.9 Å². The van der Waals surface area contributed by atoms with Crippen LogP contribution < -0.4 is 10.3 Å². The zero-order valence-corrected chi connectivity index (χ0v) is 11.6. The Balaban J connectivity index is 2.20. The summed E-state index contributed by atoms with van der Waals surface area (Å²) < 4.78 is 41.3. The number of aromatic nitrogens is 2. The Labute approximate surface area is 122 Å². The number of hydrogen-bond donors (Lipinski definition) is 0. The number of aryl methyl sites for hydroxylation is 1. The molecule has 112 valence electrons. The van der Waals surface area contributed by atoms with Crippen LogP contribution in [0.1, 0.15) is 11.4 Å². The van der Waals surface area contributed by atoms with Crippen LogP contribution in [0.15, 0.2) is 35.1 Å². The number of benzene rings is 1. The van der Waals surface area contributed by atoms with Gasteiger partial charge >= 0.3 is 6.36 Å². The van der Waals surface area contributed by atoms with E-state index in [1.165, 1.54) is 34.9 Å². The van der Waals surface area contributed by atoms with Crippen molar-refractivity contribution in [2.24, 2.45) is 0 Å². The van der Waals surface area contributed by atoms with E-state index in [2.05, 4.69) is 9.72 Å². The Morgan fingerprint density at radius 3 is 2.43 bits per heavy atom. The highest BCUT2D eigenvalue weighted by atomic mass is 35.5. The van der Waals surface area contributed by atoms with Gasteiger partial charge in [-0.05, 0) is 24.6 Å². The molecule has 0 unspecified atom stereocenters. The summed E-state index contributed by atoms with van der Waals surface area (Å²) >= 11 is 5.66. The van der Waals surface area contributed by atoms with Gasteiger partial charge in [-0.25, -0.2) is 4.98 Å². The van der Waals surface area contributed by atoms with Crippen molar-refractivity contribution in [3.8, 4) is 5.75 Å². The molecule has 8 heteroatoms. The van der Waals surface area contributed by atoms with Gasteiger partial charge in [0.2, 0.25) is 0 Å². The Kier molecular flexibility index (Phi) is 4.22. The average molecular weight is 319 g/mol. The first kappa shape index (κ1) is 15.4. The molecule has 0 N–H and O–H groups in total. The summed E-state index contributed by atoms with van der Waals surface area (Å²) in [6.07, 6.45) is -4.73. The second-order valence-electron chi connectivity index (χ2n) is 4.24. The fourth-order valence-electron chi connectivity index (χ4n) is 1.76. The predicted molar refractivity (Wildman–Crippen MR) is 70.5 cm³/mol. The van der Waals surface area contributed by atoms with E-state index in [1.54, 1.807) is 6.92 Å². The van der Waals surface area contributed by atoms with Crippen LogP contribution in [0, 0.1) is 6.92 Å². The number of nitrogens with zero attached hydrogens (tertiary/aromatic N) is 2. The molecule has 0 spiro atoms. The van der Waals surface area contributed by atoms with E-state index < -0.39 is 6.36 Å². The first-order valence-electron chi connectivity index (χ1n) is 5.83. The molecule has 0 saturated heterocycles. The fourth-order valence-corrected chi connectivity index (χ4v) is 1.97. The minimum atomic E-state index is -4.73. The first-order valence-corrected chi connectivity index (χ1v) is 6.21. The highest BCUT2D eigenvalue weighted by molar-refractivity contribution is 6.29. The number of alkyl halides is 3. The van der Waals surface area contributed by atoms with Crippen molar-refractivity contribution in [1.82, 2.24) is 9.55 Å². The van der Waals surface area contributed by atoms with Crippen LogP contribution >= 0.6 is 11.6 Å². The summed E-state index contributed by atoms with van der Waals surface area (Å²) in [7, 11) is 0. The molecule has 0 saturated carbocycles. The molecule has 4 nitrogen and oxygen atoms in total. The van der Waals surface area contributed by atoms with Crippen molar-refractivity contribution in [3.05, 3.63) is 57.2 Å². The molecule has 0 aliphatic heterocycles. The van der Waals surface area contributed by atoms with Crippen molar-refractivity contribution in [2.45, 2.75) is 19.8 Å². The summed E-state index contributed by atoms with van der Waals surface area (Å²) in [6, 6.07) is 6.44. The maximum absolute atomic E-state index is 12.0. The van der Waals surface area contributed by atoms with Gasteiger partial charge in [-0.1, -0.05) is 23.7 Å². The first-order chi connectivity index (χ1) is 9.74. The third-order valence-electron chi connectivity index (χ3n) is 2.67. The summed E-state index contributed by atoms with van der Waals surface area (Å²) in [4.78, 5) is 15.7. The lowest BCUT2D eigenvalue weighted by Gasteiger charge is -2.11. The zero-order valence-electron chi connectivity index (χ0n) is 10.8. The van der Waals surface area contributed by atoms with Crippen LogP contribution in [0.25, 0.3) is 0 Å². The van der Waals surface area contributed by atoms with Gasteiger partial charge in [0.25, 0.3) is 5.56 Å². The molecule has 2 aromatic rings. The van der Waals surface area contributed by atoms with Gasteiger partial charge in [0.05, 0.1) is 6.54 Å². The maximum atomic E-state index is 12.0. The summed E-state index contributed by atoms with van der Waals surface area (Å²) in [5.41, 5.74) is 0.307. The predicted octanol–water partition coefficient (Wildman–Crippen LogP) is 3.15. The van der Waals surface area contributed by atoms with E-state index >= 15 is 0 Å². The highest BCUT2D eigenvalue weighted by Crippen LogP contribution is 2.22. The molecular weight excluding hydrogens is 309 g/mol. The molecule has 21 heavy (non-hydrogen) atoms. The molecule has 1 heterocycles. The van der Waals surface area contributed by atoms with Crippen LogP contribution in [0.4, 0.5) is 13.2 Å². The van der Waals surface area contributed by atoms with Gasteiger partial charge in [0.1, 0.15) is 16.7 Å². The molecule has 0 radical (unpaired) electrons. The van der Waals surface area contributed by atoms with Crippen molar-refractivity contribution in [1.29, 1.82) is 0 Å². The molecule has 0 atom stereocenters. The average Bonchev–Trinajstić information content (AvgIpc) is 2.34. The molecule has 0 aliphatic carbocycles. The van der Waals surface area contributed by atoms with Gasteiger partial charge in [-0.2, -0.15) is 0 Å². The van der Waals surface area contributed by atoms with Crippen LogP contribution in [0.2, 0.25) is 5.15 Å². The largest absolute Gasteiger partial charge is 0.573 e. The highest BCUT2D eigenvalue weighted by Gasteiger charge is 2.30. The minimum Gasteiger partial charge on any atom is -0.406 e. The molecule has 2 rings (SSSR count). The van der Waals surface area contributed by atoms with Crippen molar-refractivity contribution in [3.63, 3.8) is 0 Å². The van der Waals surface area contributed by atoms with Gasteiger partial charge in [0.15, 0.2) is 0 Å². The number of ether oxygens (including phenoxy) is 1. The number of hydrogen-bond acceptors (Lipinski definition) is 3. The Morgan fingerprint density at radius 2 is 1.90 bits per heavy atom. The Morgan fingerprint density at radius 1 is 1.29 bits per heavy atom. The topological polar surface area (TPSA) is 44.1 Å². The SMILES string of the molecule is Cc1nc(Cl)cc(=O)n1Cc1ccc(OC(F)(F)F)cc1. The van der Waals surface area contributed by atoms with Crippen molar-refractivity contribution >= 4 is 11.6 Å². The number of rotatable bonds is 3. The van der Waals surface area contributed by atoms with E-state index in [-0.39, 0.29) is 23.0 Å². The molecule has 1 aromatic heterocycles. The Hall–Kier alpha value is -2.02. The lowest BCUT2D eigenvalue weighted by molar-refractivity contribution is -0.274. The zero-order chi connectivity index (χ0) is 15.6. The van der Waals surface area contributed by atoms with Crippen LogP contribution in [-0.2, 0) is 6.54 Å². The monoisotopic (exact) mass is 318 g/mol. The van der Waals surface area contributed by atoms with Crippen LogP contribution in [0.3, 0.4) is 0 Å². The summed E-state index contributed by atoms with van der Waals surface area (Å²) in [5, 5.41) is 0.0997. The quantitative estimate of drug-likeness (QED) is 0.817. The van der Waals surface area contributed by atoms with Crippen molar-refractivity contribution in [2.75, 3.05) is 0 Å². The molecule has 0 bridgehead atoms. The standard InChI is InChI=1S/C13H10ClF3N2O2/c1-8-18-11(14)6-12(20)19(8)7-9-2-4-10(5-3-9)21-13(15,16)17/h2-6H,7H2,1H3. The lowest BCUT2D eigenvalue weighted by Crippen LogP contribution is -2.23. The molecule has 0 fully saturated rings. The smallest absolute Gasteiger partial charge is 0.406 e. The normalized spacial score (nSPS) is 11.5. The van der Waals surface area contributed by atoms with E-state index in [0.29, 0.717) is 11.4 Å². The summed E-state index contributed by atoms with van der Waals surface area (Å²) in [6.45, 7) is 1.80.